The van der Waals surface area contributed by atoms with Crippen LogP contribution in [-0.4, -0.2) is 68.5 Å². The molecule has 1 saturated heterocycles. The number of nitrogens with zero attached hydrogens (tertiary/aromatic N) is 7. The molecule has 4 heterocycles. The van der Waals surface area contributed by atoms with Gasteiger partial charge in [0.15, 0.2) is 11.2 Å². The van der Waals surface area contributed by atoms with Crippen molar-refractivity contribution in [3.63, 3.8) is 0 Å². The van der Waals surface area contributed by atoms with Crippen molar-refractivity contribution in [2.45, 2.75) is 19.2 Å². The zero-order valence-electron chi connectivity index (χ0n) is 13.9. The van der Waals surface area contributed by atoms with Gasteiger partial charge in [-0.1, -0.05) is 0 Å². The Morgan fingerprint density at radius 1 is 1.40 bits per heavy atom. The summed E-state index contributed by atoms with van der Waals surface area (Å²) in [5.41, 5.74) is 1.33. The standard InChI is InChI=1S/C15H19N7O3/c1-23-7-6-22-19-15(18-20-22)12-9-21(5-8-24-12)10-13-17-14-11(25-13)3-2-4-16-14/h2-4,12H,5-10H2,1H3. The van der Waals surface area contributed by atoms with Crippen molar-refractivity contribution >= 4 is 11.2 Å². The quantitative estimate of drug-likeness (QED) is 0.629. The molecule has 25 heavy (non-hydrogen) atoms. The lowest BCUT2D eigenvalue weighted by molar-refractivity contribution is -0.0394. The van der Waals surface area contributed by atoms with Gasteiger partial charge in [0, 0.05) is 26.4 Å². The number of oxazole rings is 1. The molecule has 132 valence electrons. The third-order valence-electron chi connectivity index (χ3n) is 3.97. The van der Waals surface area contributed by atoms with Crippen LogP contribution in [0.2, 0.25) is 0 Å². The fourth-order valence-electron chi connectivity index (χ4n) is 2.73. The number of methoxy groups -OCH3 is 1. The van der Waals surface area contributed by atoms with E-state index >= 15 is 0 Å². The maximum absolute atomic E-state index is 5.79. The van der Waals surface area contributed by atoms with Gasteiger partial charge < -0.3 is 13.9 Å². The minimum absolute atomic E-state index is 0.215. The number of aromatic nitrogens is 6. The summed E-state index contributed by atoms with van der Waals surface area (Å²) in [6.07, 6.45) is 1.49. The second-order valence-electron chi connectivity index (χ2n) is 5.76. The monoisotopic (exact) mass is 345 g/mol. The summed E-state index contributed by atoms with van der Waals surface area (Å²) in [6.45, 7) is 3.74. The number of ether oxygens (including phenoxy) is 2. The van der Waals surface area contributed by atoms with E-state index in [1.54, 1.807) is 13.3 Å². The first kappa shape index (κ1) is 16.1. The maximum atomic E-state index is 5.79. The molecular weight excluding hydrogens is 326 g/mol. The van der Waals surface area contributed by atoms with Gasteiger partial charge in [0.05, 0.1) is 26.3 Å². The van der Waals surface area contributed by atoms with E-state index in [2.05, 4.69) is 30.3 Å². The zero-order valence-corrected chi connectivity index (χ0v) is 13.9. The van der Waals surface area contributed by atoms with E-state index in [0.717, 1.165) is 6.54 Å². The topological polar surface area (TPSA) is 104 Å². The van der Waals surface area contributed by atoms with Crippen LogP contribution in [0.25, 0.3) is 11.2 Å². The van der Waals surface area contributed by atoms with Crippen molar-refractivity contribution in [3.05, 3.63) is 30.0 Å². The van der Waals surface area contributed by atoms with Crippen LogP contribution in [0.4, 0.5) is 0 Å². The van der Waals surface area contributed by atoms with Crippen LogP contribution in [-0.2, 0) is 22.6 Å². The summed E-state index contributed by atoms with van der Waals surface area (Å²) in [5, 5.41) is 12.5. The summed E-state index contributed by atoms with van der Waals surface area (Å²) < 4.78 is 16.6. The molecule has 1 unspecified atom stereocenters. The largest absolute Gasteiger partial charge is 0.438 e. The molecule has 10 nitrogen and oxygen atoms in total. The molecule has 1 aliphatic heterocycles. The molecule has 3 aromatic rings. The van der Waals surface area contributed by atoms with E-state index in [-0.39, 0.29) is 6.10 Å². The molecule has 0 saturated carbocycles. The smallest absolute Gasteiger partial charge is 0.211 e. The van der Waals surface area contributed by atoms with E-state index in [9.17, 15) is 0 Å². The third kappa shape index (κ3) is 3.65. The molecule has 0 radical (unpaired) electrons. The van der Waals surface area contributed by atoms with Crippen LogP contribution < -0.4 is 0 Å². The van der Waals surface area contributed by atoms with Crippen LogP contribution in [0.1, 0.15) is 17.8 Å². The number of fused-ring (bicyclic) bond motifs is 1. The Labute approximate surface area is 143 Å². The van der Waals surface area contributed by atoms with Crippen LogP contribution in [0.5, 0.6) is 0 Å². The summed E-state index contributed by atoms with van der Waals surface area (Å²) in [5.74, 6) is 1.23. The van der Waals surface area contributed by atoms with Gasteiger partial charge >= 0.3 is 0 Å². The van der Waals surface area contributed by atoms with Crippen molar-refractivity contribution in [1.82, 2.24) is 35.1 Å². The van der Waals surface area contributed by atoms with Crippen molar-refractivity contribution in [3.8, 4) is 0 Å². The van der Waals surface area contributed by atoms with Gasteiger partial charge in [-0.15, -0.1) is 10.2 Å². The number of hydrogen-bond donors (Lipinski definition) is 0. The second-order valence-corrected chi connectivity index (χ2v) is 5.76. The lowest BCUT2D eigenvalue weighted by Crippen LogP contribution is -2.38. The molecule has 0 aromatic carbocycles. The number of morpholine rings is 1. The van der Waals surface area contributed by atoms with Crippen molar-refractivity contribution in [2.24, 2.45) is 0 Å². The number of pyridine rings is 1. The lowest BCUT2D eigenvalue weighted by atomic mass is 10.2. The molecule has 0 amide bonds. The van der Waals surface area contributed by atoms with E-state index in [1.165, 1.54) is 4.80 Å². The number of tetrazole rings is 1. The molecular formula is C15H19N7O3. The first-order valence-corrected chi connectivity index (χ1v) is 8.13. The predicted molar refractivity (Wildman–Crippen MR) is 85.5 cm³/mol. The van der Waals surface area contributed by atoms with Gasteiger partial charge in [0.25, 0.3) is 0 Å². The van der Waals surface area contributed by atoms with Crippen molar-refractivity contribution < 1.29 is 13.9 Å². The molecule has 10 heteroatoms. The highest BCUT2D eigenvalue weighted by molar-refractivity contribution is 5.66. The minimum Gasteiger partial charge on any atom is -0.438 e. The van der Waals surface area contributed by atoms with Gasteiger partial charge in [-0.2, -0.15) is 9.78 Å². The van der Waals surface area contributed by atoms with Crippen molar-refractivity contribution in [1.29, 1.82) is 0 Å². The first-order chi connectivity index (χ1) is 12.3. The SMILES string of the molecule is COCCn1nnc(C2CN(Cc3nc4ncccc4o3)CCO2)n1. The van der Waals surface area contributed by atoms with Crippen LogP contribution in [0.15, 0.2) is 22.7 Å². The van der Waals surface area contributed by atoms with Crippen molar-refractivity contribution in [2.75, 3.05) is 33.4 Å². The molecule has 0 spiro atoms. The highest BCUT2D eigenvalue weighted by Gasteiger charge is 2.26. The summed E-state index contributed by atoms with van der Waals surface area (Å²) >= 11 is 0. The number of rotatable bonds is 6. The van der Waals surface area contributed by atoms with E-state index in [1.807, 2.05) is 12.1 Å². The molecule has 1 fully saturated rings. The summed E-state index contributed by atoms with van der Waals surface area (Å²) in [7, 11) is 1.64. The van der Waals surface area contributed by atoms with E-state index in [4.69, 9.17) is 13.9 Å². The molecule has 0 N–H and O–H groups in total. The molecule has 0 aliphatic carbocycles. The highest BCUT2D eigenvalue weighted by Crippen LogP contribution is 2.21. The zero-order chi connectivity index (χ0) is 17.1. The Morgan fingerprint density at radius 3 is 3.24 bits per heavy atom. The summed E-state index contributed by atoms with van der Waals surface area (Å²) in [4.78, 5) is 12.3. The Bertz CT molecular complexity index is 800. The Kier molecular flexibility index (Phi) is 4.63. The van der Waals surface area contributed by atoms with Gasteiger partial charge in [-0.25, -0.2) is 4.98 Å². The Balaban J connectivity index is 1.41. The average molecular weight is 345 g/mol. The fraction of sp³-hybridized carbons (Fsp3) is 0.533. The first-order valence-electron chi connectivity index (χ1n) is 8.13. The maximum Gasteiger partial charge on any atom is 0.211 e. The van der Waals surface area contributed by atoms with Gasteiger partial charge in [-0.3, -0.25) is 4.90 Å². The normalized spacial score (nSPS) is 18.8. The van der Waals surface area contributed by atoms with Crippen LogP contribution in [0, 0.1) is 0 Å². The van der Waals surface area contributed by atoms with E-state index < -0.39 is 0 Å². The lowest BCUT2D eigenvalue weighted by Gasteiger charge is -2.30. The Morgan fingerprint density at radius 2 is 2.36 bits per heavy atom. The van der Waals surface area contributed by atoms with E-state index in [0.29, 0.717) is 55.8 Å². The highest BCUT2D eigenvalue weighted by atomic mass is 16.5. The predicted octanol–water partition coefficient (Wildman–Crippen LogP) is 0.429. The van der Waals surface area contributed by atoms with Gasteiger partial charge in [0.1, 0.15) is 6.10 Å². The van der Waals surface area contributed by atoms with Gasteiger partial charge in [-0.05, 0) is 17.3 Å². The summed E-state index contributed by atoms with van der Waals surface area (Å²) in [6, 6.07) is 3.70. The third-order valence-corrected chi connectivity index (χ3v) is 3.97. The second kappa shape index (κ2) is 7.21. The van der Waals surface area contributed by atoms with Crippen LogP contribution >= 0.6 is 0 Å². The minimum atomic E-state index is -0.215. The fourth-order valence-corrected chi connectivity index (χ4v) is 2.73. The Hall–Kier alpha value is -2.43. The molecule has 0 bridgehead atoms. The molecule has 3 aromatic heterocycles. The van der Waals surface area contributed by atoms with Crippen LogP contribution in [0.3, 0.4) is 0 Å². The van der Waals surface area contributed by atoms with Gasteiger partial charge in [0.2, 0.25) is 11.7 Å². The molecule has 4 rings (SSSR count). The molecule has 1 atom stereocenters. The molecule has 1 aliphatic rings. The number of hydrogen-bond acceptors (Lipinski definition) is 9. The average Bonchev–Trinajstić information content (AvgIpc) is 3.26.